The summed E-state index contributed by atoms with van der Waals surface area (Å²) in [5.41, 5.74) is 3.49. The summed E-state index contributed by atoms with van der Waals surface area (Å²) in [6, 6.07) is 14.6. The van der Waals surface area contributed by atoms with Gasteiger partial charge in [0.05, 0.1) is 11.7 Å². The van der Waals surface area contributed by atoms with Gasteiger partial charge in [-0.3, -0.25) is 0 Å². The zero-order valence-electron chi connectivity index (χ0n) is 10.0. The molecule has 0 fully saturated rings. The van der Waals surface area contributed by atoms with E-state index in [4.69, 9.17) is 4.74 Å². The van der Waals surface area contributed by atoms with Gasteiger partial charge in [-0.25, -0.2) is 0 Å². The first-order valence-corrected chi connectivity index (χ1v) is 5.88. The van der Waals surface area contributed by atoms with Crippen LogP contribution in [-0.4, -0.2) is 0 Å². The van der Waals surface area contributed by atoms with Gasteiger partial charge in [-0.2, -0.15) is 0 Å². The SMILES string of the molecule is Cc1ccc2c(c1)N[C@H](C)c1ccccc1O2. The largest absolute Gasteiger partial charge is 0.455 e. The van der Waals surface area contributed by atoms with Gasteiger partial charge in [0.15, 0.2) is 5.75 Å². The third-order valence-electron chi connectivity index (χ3n) is 3.11. The lowest BCUT2D eigenvalue weighted by molar-refractivity contribution is 0.482. The zero-order valence-corrected chi connectivity index (χ0v) is 10.0. The van der Waals surface area contributed by atoms with Crippen LogP contribution in [0.4, 0.5) is 5.69 Å². The van der Waals surface area contributed by atoms with Crippen molar-refractivity contribution in [1.29, 1.82) is 0 Å². The molecular weight excluding hydrogens is 210 g/mol. The molecule has 1 heterocycles. The topological polar surface area (TPSA) is 21.3 Å². The number of para-hydroxylation sites is 1. The van der Waals surface area contributed by atoms with Gasteiger partial charge >= 0.3 is 0 Å². The predicted octanol–water partition coefficient (Wildman–Crippen LogP) is 4.27. The number of nitrogens with one attached hydrogen (secondary N) is 1. The number of anilines is 1. The van der Waals surface area contributed by atoms with Gasteiger partial charge in [-0.1, -0.05) is 24.3 Å². The van der Waals surface area contributed by atoms with Gasteiger partial charge in [0, 0.05) is 5.56 Å². The molecule has 3 rings (SSSR count). The number of rotatable bonds is 0. The summed E-state index contributed by atoms with van der Waals surface area (Å²) in [7, 11) is 0. The standard InChI is InChI=1S/C15H15NO/c1-10-7-8-15-13(9-10)16-11(2)12-5-3-4-6-14(12)17-15/h3-9,11,16H,1-2H3/t11-/m1/s1. The Balaban J connectivity index is 2.13. The molecule has 0 saturated carbocycles. The zero-order chi connectivity index (χ0) is 11.8. The highest BCUT2D eigenvalue weighted by atomic mass is 16.5. The molecule has 0 unspecified atom stereocenters. The average molecular weight is 225 g/mol. The van der Waals surface area contributed by atoms with Crippen LogP contribution in [0.15, 0.2) is 42.5 Å². The lowest BCUT2D eigenvalue weighted by atomic mass is 10.1. The summed E-state index contributed by atoms with van der Waals surface area (Å²) in [6.45, 7) is 4.24. The molecule has 1 aliphatic heterocycles. The van der Waals surface area contributed by atoms with E-state index in [1.165, 1.54) is 11.1 Å². The second-order valence-electron chi connectivity index (χ2n) is 4.51. The fourth-order valence-corrected chi connectivity index (χ4v) is 2.21. The van der Waals surface area contributed by atoms with Crippen LogP contribution in [0.5, 0.6) is 11.5 Å². The monoisotopic (exact) mass is 225 g/mol. The Hall–Kier alpha value is -1.96. The molecular formula is C15H15NO. The van der Waals surface area contributed by atoms with Gasteiger partial charge in [0.25, 0.3) is 0 Å². The van der Waals surface area contributed by atoms with E-state index in [2.05, 4.69) is 37.4 Å². The molecule has 2 aromatic rings. The Labute approximate surface area is 101 Å². The van der Waals surface area contributed by atoms with Crippen LogP contribution < -0.4 is 10.1 Å². The van der Waals surface area contributed by atoms with Gasteiger partial charge in [-0.05, 0) is 37.6 Å². The number of hydrogen-bond acceptors (Lipinski definition) is 2. The van der Waals surface area contributed by atoms with E-state index in [0.717, 1.165) is 17.2 Å². The molecule has 0 aliphatic carbocycles. The maximum Gasteiger partial charge on any atom is 0.150 e. The predicted molar refractivity (Wildman–Crippen MR) is 69.7 cm³/mol. The van der Waals surface area contributed by atoms with Crippen LogP contribution in [0.3, 0.4) is 0 Å². The Morgan fingerprint density at radius 3 is 2.76 bits per heavy atom. The number of aryl methyl sites for hydroxylation is 1. The van der Waals surface area contributed by atoms with E-state index < -0.39 is 0 Å². The van der Waals surface area contributed by atoms with Crippen molar-refractivity contribution in [3.05, 3.63) is 53.6 Å². The Kier molecular flexibility index (Phi) is 2.29. The van der Waals surface area contributed by atoms with Crippen LogP contribution in [0, 0.1) is 6.92 Å². The van der Waals surface area contributed by atoms with Crippen LogP contribution in [0.1, 0.15) is 24.1 Å². The van der Waals surface area contributed by atoms with E-state index in [9.17, 15) is 0 Å². The van der Waals surface area contributed by atoms with Crippen molar-refractivity contribution in [3.63, 3.8) is 0 Å². The lowest BCUT2D eigenvalue weighted by Crippen LogP contribution is -2.04. The molecule has 0 bridgehead atoms. The van der Waals surface area contributed by atoms with Crippen molar-refractivity contribution >= 4 is 5.69 Å². The van der Waals surface area contributed by atoms with E-state index in [1.54, 1.807) is 0 Å². The van der Waals surface area contributed by atoms with Crippen molar-refractivity contribution in [3.8, 4) is 11.5 Å². The minimum absolute atomic E-state index is 0.259. The third-order valence-corrected chi connectivity index (χ3v) is 3.11. The smallest absolute Gasteiger partial charge is 0.150 e. The Bertz CT molecular complexity index is 563. The van der Waals surface area contributed by atoms with Crippen LogP contribution in [0.25, 0.3) is 0 Å². The first kappa shape index (κ1) is 10.2. The molecule has 86 valence electrons. The van der Waals surface area contributed by atoms with Crippen LogP contribution >= 0.6 is 0 Å². The second-order valence-corrected chi connectivity index (χ2v) is 4.51. The second kappa shape index (κ2) is 3.81. The normalized spacial score (nSPS) is 17.2. The van der Waals surface area contributed by atoms with Gasteiger partial charge in [-0.15, -0.1) is 0 Å². The molecule has 0 radical (unpaired) electrons. The molecule has 0 amide bonds. The average Bonchev–Trinajstić information content (AvgIpc) is 2.46. The molecule has 0 spiro atoms. The molecule has 2 nitrogen and oxygen atoms in total. The highest BCUT2D eigenvalue weighted by molar-refractivity contribution is 5.63. The van der Waals surface area contributed by atoms with Crippen LogP contribution in [-0.2, 0) is 0 Å². The first-order chi connectivity index (χ1) is 8.24. The van der Waals surface area contributed by atoms with E-state index in [-0.39, 0.29) is 6.04 Å². The maximum absolute atomic E-state index is 5.97. The number of fused-ring (bicyclic) bond motifs is 2. The molecule has 1 atom stereocenters. The van der Waals surface area contributed by atoms with Crippen molar-refractivity contribution in [2.45, 2.75) is 19.9 Å². The highest BCUT2D eigenvalue weighted by Crippen LogP contribution is 2.39. The fraction of sp³-hybridized carbons (Fsp3) is 0.200. The van der Waals surface area contributed by atoms with E-state index in [0.29, 0.717) is 0 Å². The number of hydrogen-bond donors (Lipinski definition) is 1. The van der Waals surface area contributed by atoms with Gasteiger partial charge in [0.2, 0.25) is 0 Å². The maximum atomic E-state index is 5.97. The van der Waals surface area contributed by atoms with Crippen molar-refractivity contribution < 1.29 is 4.74 Å². The number of benzene rings is 2. The number of ether oxygens (including phenoxy) is 1. The van der Waals surface area contributed by atoms with Crippen LogP contribution in [0.2, 0.25) is 0 Å². The highest BCUT2D eigenvalue weighted by Gasteiger charge is 2.18. The quantitative estimate of drug-likeness (QED) is 0.722. The third kappa shape index (κ3) is 1.76. The Morgan fingerprint density at radius 1 is 1.06 bits per heavy atom. The minimum Gasteiger partial charge on any atom is -0.455 e. The molecule has 1 aliphatic rings. The van der Waals surface area contributed by atoms with Crippen molar-refractivity contribution in [2.75, 3.05) is 5.32 Å². The van der Waals surface area contributed by atoms with Gasteiger partial charge < -0.3 is 10.1 Å². The van der Waals surface area contributed by atoms with E-state index in [1.807, 2.05) is 24.3 Å². The minimum atomic E-state index is 0.259. The fourth-order valence-electron chi connectivity index (χ4n) is 2.21. The Morgan fingerprint density at radius 2 is 1.88 bits per heavy atom. The summed E-state index contributed by atoms with van der Waals surface area (Å²) < 4.78 is 5.97. The molecule has 0 aromatic heterocycles. The van der Waals surface area contributed by atoms with E-state index >= 15 is 0 Å². The molecule has 0 saturated heterocycles. The van der Waals surface area contributed by atoms with Crippen molar-refractivity contribution in [1.82, 2.24) is 0 Å². The summed E-state index contributed by atoms with van der Waals surface area (Å²) >= 11 is 0. The van der Waals surface area contributed by atoms with Gasteiger partial charge in [0.1, 0.15) is 5.75 Å². The molecule has 1 N–H and O–H groups in total. The first-order valence-electron chi connectivity index (χ1n) is 5.88. The molecule has 17 heavy (non-hydrogen) atoms. The molecule has 2 aromatic carbocycles. The molecule has 2 heteroatoms. The summed E-state index contributed by atoms with van der Waals surface area (Å²) in [4.78, 5) is 0. The summed E-state index contributed by atoms with van der Waals surface area (Å²) in [5.74, 6) is 1.84. The van der Waals surface area contributed by atoms with Crippen molar-refractivity contribution in [2.24, 2.45) is 0 Å². The summed E-state index contributed by atoms with van der Waals surface area (Å²) in [5, 5.41) is 3.49. The lowest BCUT2D eigenvalue weighted by Gasteiger charge is -2.13. The summed E-state index contributed by atoms with van der Waals surface area (Å²) in [6.07, 6.45) is 0.